The summed E-state index contributed by atoms with van der Waals surface area (Å²) >= 11 is 0. The van der Waals surface area contributed by atoms with E-state index >= 15 is 0 Å². The molecule has 0 bridgehead atoms. The van der Waals surface area contributed by atoms with Crippen molar-refractivity contribution in [1.29, 1.82) is 5.26 Å². The lowest BCUT2D eigenvalue weighted by Gasteiger charge is -2.09. The highest BCUT2D eigenvalue weighted by Gasteiger charge is 2.36. The second-order valence-electron chi connectivity index (χ2n) is 5.66. The number of furan rings is 1. The van der Waals surface area contributed by atoms with Gasteiger partial charge in [0.1, 0.15) is 17.6 Å². The van der Waals surface area contributed by atoms with Gasteiger partial charge in [-0.1, -0.05) is 20.3 Å². The summed E-state index contributed by atoms with van der Waals surface area (Å²) < 4.78 is 5.76. The van der Waals surface area contributed by atoms with E-state index in [0.29, 0.717) is 25.2 Å². The van der Waals surface area contributed by atoms with Crippen LogP contribution in [-0.2, 0) is 11.2 Å². The summed E-state index contributed by atoms with van der Waals surface area (Å²) in [6, 6.07) is 5.72. The second-order valence-corrected chi connectivity index (χ2v) is 5.66. The lowest BCUT2D eigenvalue weighted by atomic mass is 10.1. The molecule has 0 aromatic carbocycles. The highest BCUT2D eigenvalue weighted by Crippen LogP contribution is 2.47. The Balaban J connectivity index is 1.75. The Labute approximate surface area is 120 Å². The average molecular weight is 274 g/mol. The largest absolute Gasteiger partial charge is 0.466 e. The lowest BCUT2D eigenvalue weighted by Crippen LogP contribution is -2.33. The molecule has 0 saturated heterocycles. The van der Waals surface area contributed by atoms with Crippen molar-refractivity contribution in [2.75, 3.05) is 0 Å². The first-order chi connectivity index (χ1) is 9.63. The molecule has 1 aliphatic carbocycles. The maximum absolute atomic E-state index is 11.8. The van der Waals surface area contributed by atoms with Gasteiger partial charge < -0.3 is 9.73 Å². The SMILES string of the molecule is CCC[C@H](C#N)NC(=O)CCc1ccc([C@@H]2C[C@H]2C)o1. The first-order valence-corrected chi connectivity index (χ1v) is 7.41. The zero-order valence-corrected chi connectivity index (χ0v) is 12.2. The van der Waals surface area contributed by atoms with Crippen LogP contribution in [0.4, 0.5) is 0 Å². The number of hydrogen-bond donors (Lipinski definition) is 1. The average Bonchev–Trinajstić information content (AvgIpc) is 2.99. The maximum Gasteiger partial charge on any atom is 0.221 e. The minimum atomic E-state index is -0.369. The van der Waals surface area contributed by atoms with Gasteiger partial charge in [-0.25, -0.2) is 0 Å². The van der Waals surface area contributed by atoms with Gasteiger partial charge in [0.2, 0.25) is 5.91 Å². The van der Waals surface area contributed by atoms with Crippen molar-refractivity contribution in [1.82, 2.24) is 5.32 Å². The summed E-state index contributed by atoms with van der Waals surface area (Å²) in [5, 5.41) is 11.6. The molecule has 1 heterocycles. The molecule has 108 valence electrons. The van der Waals surface area contributed by atoms with E-state index in [-0.39, 0.29) is 11.9 Å². The van der Waals surface area contributed by atoms with E-state index < -0.39 is 0 Å². The van der Waals surface area contributed by atoms with E-state index in [1.165, 1.54) is 6.42 Å². The quantitative estimate of drug-likeness (QED) is 0.830. The van der Waals surface area contributed by atoms with Gasteiger partial charge in [0.25, 0.3) is 0 Å². The van der Waals surface area contributed by atoms with E-state index in [2.05, 4.69) is 18.3 Å². The number of carbonyl (C=O) groups is 1. The Bertz CT molecular complexity index is 501. The van der Waals surface area contributed by atoms with E-state index in [1.807, 2.05) is 19.1 Å². The summed E-state index contributed by atoms with van der Waals surface area (Å²) in [5.41, 5.74) is 0. The van der Waals surface area contributed by atoms with Gasteiger partial charge in [0, 0.05) is 18.8 Å². The minimum Gasteiger partial charge on any atom is -0.466 e. The van der Waals surface area contributed by atoms with Crippen LogP contribution in [0.15, 0.2) is 16.5 Å². The molecule has 0 aliphatic heterocycles. The number of carbonyl (C=O) groups excluding carboxylic acids is 1. The van der Waals surface area contributed by atoms with Crippen LogP contribution in [0.1, 0.15) is 57.0 Å². The van der Waals surface area contributed by atoms with Crippen LogP contribution in [-0.4, -0.2) is 11.9 Å². The number of hydrogen-bond acceptors (Lipinski definition) is 3. The Morgan fingerprint density at radius 3 is 2.95 bits per heavy atom. The Kier molecular flexibility index (Phi) is 4.84. The smallest absolute Gasteiger partial charge is 0.221 e. The fourth-order valence-corrected chi connectivity index (χ4v) is 2.41. The summed E-state index contributed by atoms with van der Waals surface area (Å²) in [4.78, 5) is 11.8. The molecule has 3 atom stereocenters. The van der Waals surface area contributed by atoms with Crippen molar-refractivity contribution in [3.63, 3.8) is 0 Å². The van der Waals surface area contributed by atoms with Gasteiger partial charge in [-0.05, 0) is 30.9 Å². The Morgan fingerprint density at radius 1 is 1.60 bits per heavy atom. The highest BCUT2D eigenvalue weighted by molar-refractivity contribution is 5.76. The molecular weight excluding hydrogens is 252 g/mol. The van der Waals surface area contributed by atoms with Gasteiger partial charge in [0.15, 0.2) is 0 Å². The summed E-state index contributed by atoms with van der Waals surface area (Å²) in [5.74, 6) is 3.13. The summed E-state index contributed by atoms with van der Waals surface area (Å²) in [6.07, 6.45) is 3.76. The predicted molar refractivity (Wildman–Crippen MR) is 76.0 cm³/mol. The molecule has 2 rings (SSSR count). The van der Waals surface area contributed by atoms with Crippen LogP contribution < -0.4 is 5.32 Å². The molecule has 1 saturated carbocycles. The monoisotopic (exact) mass is 274 g/mol. The molecule has 1 N–H and O–H groups in total. The van der Waals surface area contributed by atoms with Crippen molar-refractivity contribution >= 4 is 5.91 Å². The van der Waals surface area contributed by atoms with Gasteiger partial charge >= 0.3 is 0 Å². The van der Waals surface area contributed by atoms with Gasteiger partial charge in [0.05, 0.1) is 6.07 Å². The molecule has 1 fully saturated rings. The van der Waals surface area contributed by atoms with Crippen LogP contribution in [0.3, 0.4) is 0 Å². The van der Waals surface area contributed by atoms with Crippen molar-refractivity contribution in [3.05, 3.63) is 23.7 Å². The zero-order valence-electron chi connectivity index (χ0n) is 12.2. The number of nitrogens with one attached hydrogen (secondary N) is 1. The molecule has 1 aromatic rings. The number of rotatable bonds is 7. The molecule has 20 heavy (non-hydrogen) atoms. The molecule has 4 nitrogen and oxygen atoms in total. The fourth-order valence-electron chi connectivity index (χ4n) is 2.41. The highest BCUT2D eigenvalue weighted by atomic mass is 16.3. The molecule has 0 radical (unpaired) electrons. The van der Waals surface area contributed by atoms with Crippen LogP contribution >= 0.6 is 0 Å². The third kappa shape index (κ3) is 3.86. The summed E-state index contributed by atoms with van der Waals surface area (Å²) in [7, 11) is 0. The standard InChI is InChI=1S/C16H22N2O2/c1-3-4-12(10-17)18-16(19)8-6-13-5-7-15(20-13)14-9-11(14)2/h5,7,11-12,14H,3-4,6,8-9H2,1-2H3,(H,18,19)/t11-,12-,14-/m1/s1. The topological polar surface area (TPSA) is 66.0 Å². The molecule has 1 aromatic heterocycles. The first-order valence-electron chi connectivity index (χ1n) is 7.41. The zero-order chi connectivity index (χ0) is 14.5. The lowest BCUT2D eigenvalue weighted by molar-refractivity contribution is -0.121. The van der Waals surface area contributed by atoms with Gasteiger partial charge in [-0.2, -0.15) is 5.26 Å². The van der Waals surface area contributed by atoms with Crippen LogP contribution in [0.2, 0.25) is 0 Å². The first kappa shape index (κ1) is 14.6. The number of nitriles is 1. The number of nitrogens with zero attached hydrogens (tertiary/aromatic N) is 1. The predicted octanol–water partition coefficient (Wildman–Crippen LogP) is 3.14. The van der Waals surface area contributed by atoms with Gasteiger partial charge in [-0.3, -0.25) is 4.79 Å². The summed E-state index contributed by atoms with van der Waals surface area (Å²) in [6.45, 7) is 4.22. The van der Waals surface area contributed by atoms with Crippen molar-refractivity contribution in [3.8, 4) is 6.07 Å². The molecule has 1 aliphatic rings. The number of amides is 1. The molecular formula is C16H22N2O2. The van der Waals surface area contributed by atoms with E-state index in [4.69, 9.17) is 9.68 Å². The van der Waals surface area contributed by atoms with Crippen molar-refractivity contribution < 1.29 is 9.21 Å². The van der Waals surface area contributed by atoms with Crippen molar-refractivity contribution in [2.45, 2.75) is 57.9 Å². The van der Waals surface area contributed by atoms with E-state index in [0.717, 1.165) is 23.9 Å². The minimum absolute atomic E-state index is 0.0808. The molecule has 1 amide bonds. The maximum atomic E-state index is 11.8. The third-order valence-corrected chi connectivity index (χ3v) is 3.82. The van der Waals surface area contributed by atoms with Crippen LogP contribution in [0.25, 0.3) is 0 Å². The molecule has 0 unspecified atom stereocenters. The van der Waals surface area contributed by atoms with E-state index in [9.17, 15) is 4.79 Å². The normalized spacial score (nSPS) is 22.1. The van der Waals surface area contributed by atoms with Crippen molar-refractivity contribution in [2.24, 2.45) is 5.92 Å². The second kappa shape index (κ2) is 6.60. The third-order valence-electron chi connectivity index (χ3n) is 3.82. The van der Waals surface area contributed by atoms with E-state index in [1.54, 1.807) is 0 Å². The Morgan fingerprint density at radius 2 is 2.35 bits per heavy atom. The van der Waals surface area contributed by atoms with Gasteiger partial charge in [-0.15, -0.1) is 0 Å². The van der Waals surface area contributed by atoms with Crippen LogP contribution in [0.5, 0.6) is 0 Å². The van der Waals surface area contributed by atoms with Crippen LogP contribution in [0, 0.1) is 17.2 Å². The Hall–Kier alpha value is -1.76. The number of aryl methyl sites for hydroxylation is 1. The fraction of sp³-hybridized carbons (Fsp3) is 0.625. The molecule has 4 heteroatoms. The molecule has 0 spiro atoms.